The number of anilines is 1. The van der Waals surface area contributed by atoms with Crippen LogP contribution in [0.25, 0.3) is 10.9 Å². The van der Waals surface area contributed by atoms with Crippen LogP contribution in [0, 0.1) is 10.5 Å². The summed E-state index contributed by atoms with van der Waals surface area (Å²) in [6.07, 6.45) is 2.45. The maximum Gasteiger partial charge on any atom is 0.0736 e. The molecular formula is C16H19IN2O. The highest BCUT2D eigenvalue weighted by Crippen LogP contribution is 2.33. The zero-order chi connectivity index (χ0) is 14.1. The first-order valence-electron chi connectivity index (χ1n) is 7.01. The van der Waals surface area contributed by atoms with Gasteiger partial charge in [0.1, 0.15) is 0 Å². The smallest absolute Gasteiger partial charge is 0.0736 e. The molecule has 1 aromatic carbocycles. The van der Waals surface area contributed by atoms with Gasteiger partial charge in [-0.05, 0) is 66.6 Å². The fourth-order valence-electron chi connectivity index (χ4n) is 3.07. The summed E-state index contributed by atoms with van der Waals surface area (Å²) in [6.45, 7) is 3.98. The van der Waals surface area contributed by atoms with E-state index in [2.05, 4.69) is 63.7 Å². The van der Waals surface area contributed by atoms with Gasteiger partial charge >= 0.3 is 0 Å². The molecule has 20 heavy (non-hydrogen) atoms. The number of fused-ring (bicyclic) bond motifs is 1. The molecule has 1 atom stereocenters. The Morgan fingerprint density at radius 2 is 2.25 bits per heavy atom. The number of nitrogens with zero attached hydrogens (tertiary/aromatic N) is 2. The van der Waals surface area contributed by atoms with Gasteiger partial charge in [0, 0.05) is 34.0 Å². The van der Waals surface area contributed by atoms with Crippen LogP contribution in [0.1, 0.15) is 18.5 Å². The minimum Gasteiger partial charge on any atom is -0.383 e. The molecule has 0 amide bonds. The molecule has 106 valence electrons. The molecule has 0 radical (unpaired) electrons. The molecule has 2 aromatic rings. The van der Waals surface area contributed by atoms with Crippen molar-refractivity contribution in [3.63, 3.8) is 0 Å². The van der Waals surface area contributed by atoms with E-state index in [9.17, 15) is 0 Å². The number of hydrogen-bond donors (Lipinski definition) is 0. The summed E-state index contributed by atoms with van der Waals surface area (Å²) in [7, 11) is 1.79. The fraction of sp³-hybridized carbons (Fsp3) is 0.438. The molecule has 1 aromatic heterocycles. The minimum absolute atomic E-state index is 0.490. The molecule has 1 aliphatic heterocycles. The van der Waals surface area contributed by atoms with Crippen molar-refractivity contribution in [2.75, 3.05) is 25.2 Å². The summed E-state index contributed by atoms with van der Waals surface area (Å²) in [5, 5.41) is 1.25. The van der Waals surface area contributed by atoms with Crippen molar-refractivity contribution in [2.45, 2.75) is 25.8 Å². The first kappa shape index (κ1) is 14.1. The topological polar surface area (TPSA) is 25.4 Å². The van der Waals surface area contributed by atoms with Crippen LogP contribution in [-0.4, -0.2) is 31.3 Å². The van der Waals surface area contributed by atoms with Gasteiger partial charge in [0.05, 0.1) is 18.2 Å². The number of hydrogen-bond acceptors (Lipinski definition) is 3. The summed E-state index contributed by atoms with van der Waals surface area (Å²) >= 11 is 2.34. The Morgan fingerprint density at radius 1 is 1.40 bits per heavy atom. The van der Waals surface area contributed by atoms with Gasteiger partial charge in [-0.15, -0.1) is 0 Å². The van der Waals surface area contributed by atoms with Gasteiger partial charge < -0.3 is 9.64 Å². The van der Waals surface area contributed by atoms with E-state index in [1.165, 1.54) is 27.5 Å². The van der Waals surface area contributed by atoms with E-state index in [4.69, 9.17) is 4.74 Å². The number of pyridine rings is 1. The second-order valence-electron chi connectivity index (χ2n) is 5.39. The number of methoxy groups -OCH3 is 1. The van der Waals surface area contributed by atoms with Crippen LogP contribution < -0.4 is 4.90 Å². The molecule has 0 aliphatic carbocycles. The maximum absolute atomic E-state index is 5.38. The third kappa shape index (κ3) is 2.63. The molecule has 0 spiro atoms. The average molecular weight is 382 g/mol. The van der Waals surface area contributed by atoms with Crippen molar-refractivity contribution in [3.05, 3.63) is 33.5 Å². The van der Waals surface area contributed by atoms with Crippen molar-refractivity contribution in [1.29, 1.82) is 0 Å². The second-order valence-corrected chi connectivity index (χ2v) is 6.63. The van der Waals surface area contributed by atoms with E-state index in [-0.39, 0.29) is 0 Å². The maximum atomic E-state index is 5.38. The highest BCUT2D eigenvalue weighted by Gasteiger charge is 2.26. The summed E-state index contributed by atoms with van der Waals surface area (Å²) in [5.41, 5.74) is 3.48. The largest absolute Gasteiger partial charge is 0.383 e. The van der Waals surface area contributed by atoms with Crippen LogP contribution in [-0.2, 0) is 4.74 Å². The number of ether oxygens (including phenoxy) is 1. The molecule has 0 N–H and O–H groups in total. The molecule has 1 aliphatic rings. The fourth-order valence-corrected chi connectivity index (χ4v) is 3.54. The lowest BCUT2D eigenvalue weighted by Crippen LogP contribution is -2.33. The van der Waals surface area contributed by atoms with Gasteiger partial charge in [0.15, 0.2) is 0 Å². The SMILES string of the molecule is COC[C@H]1CCCN1c1cc(C)nc2cc(I)ccc12. The van der Waals surface area contributed by atoms with Crippen LogP contribution in [0.5, 0.6) is 0 Å². The van der Waals surface area contributed by atoms with Crippen molar-refractivity contribution in [3.8, 4) is 0 Å². The molecule has 0 saturated carbocycles. The molecule has 1 saturated heterocycles. The van der Waals surface area contributed by atoms with Crippen LogP contribution in [0.3, 0.4) is 0 Å². The summed E-state index contributed by atoms with van der Waals surface area (Å²) in [6, 6.07) is 9.22. The highest BCUT2D eigenvalue weighted by molar-refractivity contribution is 14.1. The Balaban J connectivity index is 2.10. The third-order valence-electron chi connectivity index (χ3n) is 3.92. The van der Waals surface area contributed by atoms with Gasteiger partial charge in [0.25, 0.3) is 0 Å². The Bertz CT molecular complexity index is 624. The zero-order valence-electron chi connectivity index (χ0n) is 11.9. The van der Waals surface area contributed by atoms with Crippen molar-refractivity contribution in [2.24, 2.45) is 0 Å². The molecule has 4 heteroatoms. The second kappa shape index (κ2) is 5.85. The predicted molar refractivity (Wildman–Crippen MR) is 91.4 cm³/mol. The summed E-state index contributed by atoms with van der Waals surface area (Å²) in [5.74, 6) is 0. The molecular weight excluding hydrogens is 363 g/mol. The van der Waals surface area contributed by atoms with Crippen LogP contribution in [0.15, 0.2) is 24.3 Å². The van der Waals surface area contributed by atoms with E-state index >= 15 is 0 Å². The third-order valence-corrected chi connectivity index (χ3v) is 4.59. The summed E-state index contributed by atoms with van der Waals surface area (Å²) in [4.78, 5) is 7.17. The number of benzene rings is 1. The lowest BCUT2D eigenvalue weighted by atomic mass is 10.1. The quantitative estimate of drug-likeness (QED) is 0.756. The van der Waals surface area contributed by atoms with Gasteiger partial charge in [0.2, 0.25) is 0 Å². The summed E-state index contributed by atoms with van der Waals surface area (Å²) < 4.78 is 6.61. The number of halogens is 1. The van der Waals surface area contributed by atoms with E-state index < -0.39 is 0 Å². The van der Waals surface area contributed by atoms with E-state index in [1.54, 1.807) is 7.11 Å². The highest BCUT2D eigenvalue weighted by atomic mass is 127. The Kier molecular flexibility index (Phi) is 4.12. The van der Waals surface area contributed by atoms with E-state index in [0.717, 1.165) is 24.4 Å². The first-order valence-corrected chi connectivity index (χ1v) is 8.09. The van der Waals surface area contributed by atoms with Gasteiger partial charge in [-0.2, -0.15) is 0 Å². The van der Waals surface area contributed by atoms with Crippen molar-refractivity contribution in [1.82, 2.24) is 4.98 Å². The molecule has 0 bridgehead atoms. The molecule has 3 nitrogen and oxygen atoms in total. The zero-order valence-corrected chi connectivity index (χ0v) is 14.1. The standard InChI is InChI=1S/C16H19IN2O/c1-11-8-16(19-7-3-4-13(19)10-20-2)14-6-5-12(17)9-15(14)18-11/h5-6,8-9,13H,3-4,7,10H2,1-2H3/t13-/m1/s1. The van der Waals surface area contributed by atoms with E-state index in [0.29, 0.717) is 6.04 Å². The van der Waals surface area contributed by atoms with Gasteiger partial charge in [-0.25, -0.2) is 0 Å². The van der Waals surface area contributed by atoms with Crippen LogP contribution in [0.2, 0.25) is 0 Å². The minimum atomic E-state index is 0.490. The number of rotatable bonds is 3. The molecule has 2 heterocycles. The lowest BCUT2D eigenvalue weighted by molar-refractivity contribution is 0.181. The number of aryl methyl sites for hydroxylation is 1. The van der Waals surface area contributed by atoms with Gasteiger partial charge in [-0.1, -0.05) is 0 Å². The van der Waals surface area contributed by atoms with E-state index in [1.807, 2.05) is 0 Å². The Labute approximate surface area is 133 Å². The molecule has 1 fully saturated rings. The first-order chi connectivity index (χ1) is 9.69. The number of aromatic nitrogens is 1. The van der Waals surface area contributed by atoms with Crippen LogP contribution >= 0.6 is 22.6 Å². The Hall–Kier alpha value is -0.880. The predicted octanol–water partition coefficient (Wildman–Crippen LogP) is 3.76. The van der Waals surface area contributed by atoms with Gasteiger partial charge in [-0.3, -0.25) is 4.98 Å². The Morgan fingerprint density at radius 3 is 3.05 bits per heavy atom. The monoisotopic (exact) mass is 382 g/mol. The normalized spacial score (nSPS) is 18.9. The molecule has 3 rings (SSSR count). The van der Waals surface area contributed by atoms with Crippen molar-refractivity contribution < 1.29 is 4.74 Å². The van der Waals surface area contributed by atoms with Crippen molar-refractivity contribution >= 4 is 39.2 Å². The van der Waals surface area contributed by atoms with Crippen LogP contribution in [0.4, 0.5) is 5.69 Å². The average Bonchev–Trinajstić information content (AvgIpc) is 2.85. The molecule has 0 unspecified atom stereocenters. The lowest BCUT2D eigenvalue weighted by Gasteiger charge is -2.27.